The molecule has 2 aromatic carbocycles. The zero-order valence-electron chi connectivity index (χ0n) is 13.7. The molecule has 0 aliphatic rings. The lowest BCUT2D eigenvalue weighted by Gasteiger charge is -2.05. The smallest absolute Gasteiger partial charge is 0.275 e. The third-order valence-corrected chi connectivity index (χ3v) is 4.28. The maximum absolute atomic E-state index is 12.1. The topological polar surface area (TPSA) is 63.8 Å². The van der Waals surface area contributed by atoms with Gasteiger partial charge in [-0.15, -0.1) is 0 Å². The highest BCUT2D eigenvalue weighted by atomic mass is 35.5. The van der Waals surface area contributed by atoms with E-state index < -0.39 is 0 Å². The van der Waals surface area contributed by atoms with Crippen LogP contribution in [-0.4, -0.2) is 19.2 Å². The monoisotopic (exact) mass is 388 g/mol. The molecule has 0 saturated heterocycles. The molecule has 0 atom stereocenters. The number of nitrogens with one attached hydrogen (secondary N) is 1. The maximum Gasteiger partial charge on any atom is 0.275 e. The lowest BCUT2D eigenvalue weighted by Crippen LogP contribution is -2.18. The number of rotatable bonds is 5. The average Bonchev–Trinajstić information content (AvgIpc) is 3.12. The van der Waals surface area contributed by atoms with Crippen LogP contribution in [0.25, 0.3) is 11.3 Å². The second-order valence-corrected chi connectivity index (χ2v) is 6.04. The van der Waals surface area contributed by atoms with Gasteiger partial charge in [0.05, 0.1) is 28.9 Å². The molecule has 0 aliphatic carbocycles. The zero-order chi connectivity index (χ0) is 18.5. The van der Waals surface area contributed by atoms with Crippen LogP contribution < -0.4 is 10.2 Å². The molecule has 0 radical (unpaired) electrons. The number of hydrogen-bond acceptors (Lipinski definition) is 4. The fourth-order valence-corrected chi connectivity index (χ4v) is 2.57. The number of hydrazone groups is 1. The van der Waals surface area contributed by atoms with E-state index in [1.165, 1.54) is 13.3 Å². The lowest BCUT2D eigenvalue weighted by atomic mass is 10.2. The molecule has 0 saturated carbocycles. The van der Waals surface area contributed by atoms with Gasteiger partial charge in [-0.25, -0.2) is 5.43 Å². The van der Waals surface area contributed by atoms with Crippen LogP contribution in [0.15, 0.2) is 64.1 Å². The molecule has 1 heterocycles. The van der Waals surface area contributed by atoms with Crippen LogP contribution in [0.1, 0.15) is 16.1 Å². The van der Waals surface area contributed by atoms with Crippen molar-refractivity contribution in [1.82, 2.24) is 5.43 Å². The molecule has 1 N–H and O–H groups in total. The Morgan fingerprint density at radius 1 is 1.12 bits per heavy atom. The summed E-state index contributed by atoms with van der Waals surface area (Å²) < 4.78 is 10.8. The van der Waals surface area contributed by atoms with E-state index in [2.05, 4.69) is 10.5 Å². The van der Waals surface area contributed by atoms with Crippen molar-refractivity contribution in [3.63, 3.8) is 0 Å². The Morgan fingerprint density at radius 2 is 1.92 bits per heavy atom. The molecular formula is C19H14Cl2N2O3. The Kier molecular flexibility index (Phi) is 5.61. The largest absolute Gasteiger partial charge is 0.496 e. The van der Waals surface area contributed by atoms with Crippen LogP contribution in [0.2, 0.25) is 10.0 Å². The summed E-state index contributed by atoms with van der Waals surface area (Å²) >= 11 is 11.9. The summed E-state index contributed by atoms with van der Waals surface area (Å²) in [4.78, 5) is 12.1. The molecule has 0 bridgehead atoms. The third-order valence-electron chi connectivity index (χ3n) is 3.54. The van der Waals surface area contributed by atoms with Gasteiger partial charge in [-0.3, -0.25) is 4.79 Å². The third kappa shape index (κ3) is 4.07. The maximum atomic E-state index is 12.1. The van der Waals surface area contributed by atoms with Crippen molar-refractivity contribution in [3.8, 4) is 17.1 Å². The van der Waals surface area contributed by atoms with E-state index in [-0.39, 0.29) is 5.91 Å². The fourth-order valence-electron chi connectivity index (χ4n) is 2.27. The van der Waals surface area contributed by atoms with Crippen LogP contribution in [0.4, 0.5) is 0 Å². The standard InChI is InChI=1S/C19H14Cl2N2O3/c1-25-18-5-3-2-4-14(18)19(24)23-22-11-13-7-9-17(26-13)12-6-8-15(20)16(21)10-12/h2-11H,1H3,(H,23,24)/b22-11-. The number of halogens is 2. The van der Waals surface area contributed by atoms with Gasteiger partial charge in [0.2, 0.25) is 0 Å². The van der Waals surface area contributed by atoms with Gasteiger partial charge in [0.1, 0.15) is 17.3 Å². The Balaban J connectivity index is 1.69. The first-order valence-electron chi connectivity index (χ1n) is 7.60. The van der Waals surface area contributed by atoms with E-state index in [0.717, 1.165) is 5.56 Å². The average molecular weight is 389 g/mol. The van der Waals surface area contributed by atoms with Gasteiger partial charge in [0, 0.05) is 5.56 Å². The highest BCUT2D eigenvalue weighted by molar-refractivity contribution is 6.42. The summed E-state index contributed by atoms with van der Waals surface area (Å²) in [6.45, 7) is 0. The van der Waals surface area contributed by atoms with Crippen molar-refractivity contribution < 1.29 is 13.9 Å². The molecule has 3 aromatic rings. The Morgan fingerprint density at radius 3 is 2.69 bits per heavy atom. The zero-order valence-corrected chi connectivity index (χ0v) is 15.2. The lowest BCUT2D eigenvalue weighted by molar-refractivity contribution is 0.0952. The summed E-state index contributed by atoms with van der Waals surface area (Å²) in [6.07, 6.45) is 1.41. The minimum atomic E-state index is -0.380. The Labute approximate surface area is 160 Å². The van der Waals surface area contributed by atoms with Crippen LogP contribution in [0.5, 0.6) is 5.75 Å². The minimum Gasteiger partial charge on any atom is -0.496 e. The molecule has 0 unspecified atom stereocenters. The highest BCUT2D eigenvalue weighted by Gasteiger charge is 2.10. The normalized spacial score (nSPS) is 10.9. The van der Waals surface area contributed by atoms with Crippen molar-refractivity contribution in [3.05, 3.63) is 76.0 Å². The molecule has 26 heavy (non-hydrogen) atoms. The summed E-state index contributed by atoms with van der Waals surface area (Å²) in [5.41, 5.74) is 3.62. The summed E-state index contributed by atoms with van der Waals surface area (Å²) in [5.74, 6) is 1.18. The number of furan rings is 1. The first-order valence-corrected chi connectivity index (χ1v) is 8.36. The second-order valence-electron chi connectivity index (χ2n) is 5.23. The number of amides is 1. The molecular weight excluding hydrogens is 375 g/mol. The van der Waals surface area contributed by atoms with E-state index in [0.29, 0.717) is 32.9 Å². The molecule has 0 spiro atoms. The van der Waals surface area contributed by atoms with Crippen molar-refractivity contribution in [2.75, 3.05) is 7.11 Å². The predicted molar refractivity (Wildman–Crippen MR) is 102 cm³/mol. The number of hydrogen-bond donors (Lipinski definition) is 1. The van der Waals surface area contributed by atoms with Crippen molar-refractivity contribution >= 4 is 35.3 Å². The van der Waals surface area contributed by atoms with Crippen LogP contribution in [-0.2, 0) is 0 Å². The van der Waals surface area contributed by atoms with E-state index in [4.69, 9.17) is 32.4 Å². The molecule has 5 nitrogen and oxygen atoms in total. The summed E-state index contributed by atoms with van der Waals surface area (Å²) in [5, 5.41) is 4.83. The van der Waals surface area contributed by atoms with E-state index in [9.17, 15) is 4.79 Å². The molecule has 7 heteroatoms. The fraction of sp³-hybridized carbons (Fsp3) is 0.0526. The number of carbonyl (C=O) groups is 1. The van der Waals surface area contributed by atoms with E-state index in [1.54, 1.807) is 54.6 Å². The van der Waals surface area contributed by atoms with Gasteiger partial charge >= 0.3 is 0 Å². The summed E-state index contributed by atoms with van der Waals surface area (Å²) in [7, 11) is 1.50. The van der Waals surface area contributed by atoms with E-state index in [1.807, 2.05) is 0 Å². The Hall–Kier alpha value is -2.76. The quantitative estimate of drug-likeness (QED) is 0.492. The number of benzene rings is 2. The van der Waals surface area contributed by atoms with Gasteiger partial charge in [-0.2, -0.15) is 5.10 Å². The van der Waals surface area contributed by atoms with Crippen molar-refractivity contribution in [2.45, 2.75) is 0 Å². The van der Waals surface area contributed by atoms with Gasteiger partial charge in [0.25, 0.3) is 5.91 Å². The molecule has 1 aromatic heterocycles. The van der Waals surface area contributed by atoms with Gasteiger partial charge in [-0.05, 0) is 42.5 Å². The number of para-hydroxylation sites is 1. The van der Waals surface area contributed by atoms with Crippen LogP contribution in [0, 0.1) is 0 Å². The van der Waals surface area contributed by atoms with Gasteiger partial charge < -0.3 is 9.15 Å². The number of ether oxygens (including phenoxy) is 1. The first kappa shape index (κ1) is 18.0. The molecule has 132 valence electrons. The van der Waals surface area contributed by atoms with Crippen LogP contribution >= 0.6 is 23.2 Å². The van der Waals surface area contributed by atoms with E-state index >= 15 is 0 Å². The molecule has 0 fully saturated rings. The Bertz CT molecular complexity index is 967. The second kappa shape index (κ2) is 8.08. The van der Waals surface area contributed by atoms with Crippen LogP contribution in [0.3, 0.4) is 0 Å². The number of methoxy groups -OCH3 is 1. The number of nitrogens with zero attached hydrogens (tertiary/aromatic N) is 1. The van der Waals surface area contributed by atoms with Gasteiger partial charge in [0.15, 0.2) is 0 Å². The van der Waals surface area contributed by atoms with Gasteiger partial charge in [-0.1, -0.05) is 35.3 Å². The molecule has 1 amide bonds. The SMILES string of the molecule is COc1ccccc1C(=O)N/N=C\c1ccc(-c2ccc(Cl)c(Cl)c2)o1. The highest BCUT2D eigenvalue weighted by Crippen LogP contribution is 2.29. The van der Waals surface area contributed by atoms with Crippen molar-refractivity contribution in [2.24, 2.45) is 5.10 Å². The first-order chi connectivity index (χ1) is 12.6. The van der Waals surface area contributed by atoms with Crippen molar-refractivity contribution in [1.29, 1.82) is 0 Å². The summed E-state index contributed by atoms with van der Waals surface area (Å²) in [6, 6.07) is 15.6. The molecule has 3 rings (SSSR count). The minimum absolute atomic E-state index is 0.380. The number of carbonyl (C=O) groups excluding carboxylic acids is 1. The molecule has 0 aliphatic heterocycles. The predicted octanol–water partition coefficient (Wildman–Crippen LogP) is 5.03.